The number of aromatic nitrogens is 1. The van der Waals surface area contributed by atoms with Gasteiger partial charge in [-0.2, -0.15) is 0 Å². The molecule has 0 aliphatic carbocycles. The second-order valence-corrected chi connectivity index (χ2v) is 3.91. The summed E-state index contributed by atoms with van der Waals surface area (Å²) in [5.74, 6) is 0.520. The Kier molecular flexibility index (Phi) is 2.95. The third-order valence-corrected chi connectivity index (χ3v) is 2.46. The Morgan fingerprint density at radius 2 is 2.18 bits per heavy atom. The zero-order chi connectivity index (χ0) is 12.4. The van der Waals surface area contributed by atoms with Crippen molar-refractivity contribution in [1.82, 2.24) is 4.98 Å². The normalized spacial score (nSPS) is 10.5. The minimum absolute atomic E-state index is 0.0176. The molecule has 2 aromatic rings. The van der Waals surface area contributed by atoms with Gasteiger partial charge in [-0.05, 0) is 18.6 Å². The summed E-state index contributed by atoms with van der Waals surface area (Å²) in [4.78, 5) is 14.9. The summed E-state index contributed by atoms with van der Waals surface area (Å²) in [7, 11) is 0. The van der Waals surface area contributed by atoms with Crippen LogP contribution in [0.2, 0.25) is 0 Å². The molecule has 0 aliphatic rings. The third-order valence-electron chi connectivity index (χ3n) is 2.46. The van der Waals surface area contributed by atoms with Crippen molar-refractivity contribution in [3.63, 3.8) is 0 Å². The van der Waals surface area contributed by atoms with Gasteiger partial charge in [0, 0.05) is 12.5 Å². The molecule has 88 valence electrons. The van der Waals surface area contributed by atoms with E-state index < -0.39 is 5.97 Å². The molecule has 0 spiro atoms. The van der Waals surface area contributed by atoms with Crippen LogP contribution in [0.25, 0.3) is 11.3 Å². The Hall–Kier alpha value is -2.10. The van der Waals surface area contributed by atoms with Crippen LogP contribution in [0.4, 0.5) is 0 Å². The quantitative estimate of drug-likeness (QED) is 0.881. The Bertz CT molecular complexity index is 558. The number of oxazole rings is 1. The first-order chi connectivity index (χ1) is 8.06. The topological polar surface area (TPSA) is 63.3 Å². The predicted molar refractivity (Wildman–Crippen MR) is 62.8 cm³/mol. The van der Waals surface area contributed by atoms with Gasteiger partial charge in [0.25, 0.3) is 0 Å². The van der Waals surface area contributed by atoms with Crippen molar-refractivity contribution in [2.45, 2.75) is 20.3 Å². The Morgan fingerprint density at radius 3 is 2.76 bits per heavy atom. The van der Waals surface area contributed by atoms with Crippen LogP contribution in [-0.2, 0) is 11.2 Å². The Balaban J connectivity index is 2.39. The predicted octanol–water partition coefficient (Wildman–Crippen LogP) is 2.59. The fourth-order valence-electron chi connectivity index (χ4n) is 1.80. The lowest BCUT2D eigenvalue weighted by atomic mass is 10.1. The summed E-state index contributed by atoms with van der Waals surface area (Å²) in [5.41, 5.74) is 2.42. The Labute approximate surface area is 98.9 Å². The number of carboxylic acids is 1. The molecule has 17 heavy (non-hydrogen) atoms. The van der Waals surface area contributed by atoms with Crippen molar-refractivity contribution in [3.05, 3.63) is 41.5 Å². The fourth-order valence-corrected chi connectivity index (χ4v) is 1.80. The van der Waals surface area contributed by atoms with Crippen molar-refractivity contribution in [2.24, 2.45) is 0 Å². The van der Waals surface area contributed by atoms with Crippen LogP contribution >= 0.6 is 0 Å². The molecular weight excluding hydrogens is 218 g/mol. The summed E-state index contributed by atoms with van der Waals surface area (Å²) in [5, 5.41) is 8.75. The Morgan fingerprint density at radius 1 is 1.41 bits per heavy atom. The molecular formula is C13H13NO3. The van der Waals surface area contributed by atoms with Gasteiger partial charge in [-0.1, -0.05) is 18.2 Å². The molecule has 1 N–H and O–H groups in total. The molecule has 0 atom stereocenters. The van der Waals surface area contributed by atoms with Crippen LogP contribution in [-0.4, -0.2) is 16.1 Å². The van der Waals surface area contributed by atoms with Crippen molar-refractivity contribution < 1.29 is 14.3 Å². The zero-order valence-electron chi connectivity index (χ0n) is 9.73. The third kappa shape index (κ3) is 2.53. The number of carbonyl (C=O) groups is 1. The van der Waals surface area contributed by atoms with Crippen LogP contribution in [0.15, 0.2) is 28.7 Å². The maximum Gasteiger partial charge on any atom is 0.307 e. The van der Waals surface area contributed by atoms with Gasteiger partial charge in [0.2, 0.25) is 0 Å². The molecule has 2 rings (SSSR count). The lowest BCUT2D eigenvalue weighted by Gasteiger charge is -2.01. The van der Waals surface area contributed by atoms with Crippen LogP contribution in [0.1, 0.15) is 17.2 Å². The van der Waals surface area contributed by atoms with Crippen LogP contribution in [0.5, 0.6) is 0 Å². The van der Waals surface area contributed by atoms with Gasteiger partial charge in [-0.3, -0.25) is 4.79 Å². The van der Waals surface area contributed by atoms with Gasteiger partial charge in [0.1, 0.15) is 11.5 Å². The standard InChI is InChI=1S/C13H13NO3/c1-8-13(14-9(2)17-8)11-5-3-4-10(6-11)7-12(15)16/h3-6H,7H2,1-2H3,(H,15,16). The van der Waals surface area contributed by atoms with Crippen molar-refractivity contribution in [1.29, 1.82) is 0 Å². The van der Waals surface area contributed by atoms with Crippen LogP contribution in [0.3, 0.4) is 0 Å². The smallest absolute Gasteiger partial charge is 0.307 e. The lowest BCUT2D eigenvalue weighted by Crippen LogP contribution is -1.99. The van der Waals surface area contributed by atoms with E-state index in [1.54, 1.807) is 13.0 Å². The van der Waals surface area contributed by atoms with Gasteiger partial charge < -0.3 is 9.52 Å². The number of aliphatic carboxylic acids is 1. The molecule has 1 heterocycles. The summed E-state index contributed by atoms with van der Waals surface area (Å²) in [6.07, 6.45) is 0.0176. The van der Waals surface area contributed by atoms with Gasteiger partial charge in [0.05, 0.1) is 6.42 Å². The molecule has 0 saturated carbocycles. The van der Waals surface area contributed by atoms with Crippen molar-refractivity contribution in [3.8, 4) is 11.3 Å². The highest BCUT2D eigenvalue weighted by Gasteiger charge is 2.10. The number of rotatable bonds is 3. The van der Waals surface area contributed by atoms with E-state index in [-0.39, 0.29) is 6.42 Å². The highest BCUT2D eigenvalue weighted by atomic mass is 16.4. The van der Waals surface area contributed by atoms with E-state index >= 15 is 0 Å². The number of benzene rings is 1. The minimum Gasteiger partial charge on any atom is -0.481 e. The molecule has 1 aromatic heterocycles. The van der Waals surface area contributed by atoms with Gasteiger partial charge in [-0.15, -0.1) is 0 Å². The molecule has 0 saturated heterocycles. The molecule has 4 heteroatoms. The van der Waals surface area contributed by atoms with Crippen LogP contribution in [0, 0.1) is 13.8 Å². The summed E-state index contributed by atoms with van der Waals surface area (Å²) < 4.78 is 5.36. The fraction of sp³-hybridized carbons (Fsp3) is 0.231. The molecule has 1 aromatic carbocycles. The van der Waals surface area contributed by atoms with E-state index in [4.69, 9.17) is 9.52 Å². The largest absolute Gasteiger partial charge is 0.481 e. The van der Waals surface area contributed by atoms with E-state index in [9.17, 15) is 4.79 Å². The molecule has 0 radical (unpaired) electrons. The molecule has 0 unspecified atom stereocenters. The van der Waals surface area contributed by atoms with E-state index in [0.717, 1.165) is 22.6 Å². The second-order valence-electron chi connectivity index (χ2n) is 3.91. The van der Waals surface area contributed by atoms with Crippen molar-refractivity contribution in [2.75, 3.05) is 0 Å². The van der Waals surface area contributed by atoms with Gasteiger partial charge in [0.15, 0.2) is 5.89 Å². The number of nitrogens with zero attached hydrogens (tertiary/aromatic N) is 1. The first-order valence-electron chi connectivity index (χ1n) is 5.31. The minimum atomic E-state index is -0.838. The lowest BCUT2D eigenvalue weighted by molar-refractivity contribution is -0.136. The van der Waals surface area contributed by atoms with Crippen LogP contribution < -0.4 is 0 Å². The SMILES string of the molecule is Cc1nc(-c2cccc(CC(=O)O)c2)c(C)o1. The monoisotopic (exact) mass is 231 g/mol. The number of hydrogen-bond acceptors (Lipinski definition) is 3. The number of aryl methyl sites for hydroxylation is 2. The molecule has 4 nitrogen and oxygen atoms in total. The van der Waals surface area contributed by atoms with E-state index in [1.165, 1.54) is 0 Å². The van der Waals surface area contributed by atoms with Gasteiger partial charge >= 0.3 is 5.97 Å². The average Bonchev–Trinajstić information content (AvgIpc) is 2.57. The molecule has 0 amide bonds. The maximum atomic E-state index is 10.7. The number of hydrogen-bond donors (Lipinski definition) is 1. The van der Waals surface area contributed by atoms with Crippen molar-refractivity contribution >= 4 is 5.97 Å². The number of carboxylic acid groups (broad SMARTS) is 1. The maximum absolute atomic E-state index is 10.7. The zero-order valence-corrected chi connectivity index (χ0v) is 9.73. The summed E-state index contributed by atoms with van der Waals surface area (Å²) in [6, 6.07) is 7.35. The van der Waals surface area contributed by atoms with E-state index in [1.807, 2.05) is 25.1 Å². The highest BCUT2D eigenvalue weighted by molar-refractivity contribution is 5.71. The second kappa shape index (κ2) is 4.41. The first-order valence-corrected chi connectivity index (χ1v) is 5.31. The summed E-state index contributed by atoms with van der Waals surface area (Å²) >= 11 is 0. The molecule has 0 aliphatic heterocycles. The highest BCUT2D eigenvalue weighted by Crippen LogP contribution is 2.24. The van der Waals surface area contributed by atoms with E-state index in [2.05, 4.69) is 4.98 Å². The van der Waals surface area contributed by atoms with E-state index in [0.29, 0.717) is 5.89 Å². The average molecular weight is 231 g/mol. The molecule has 0 fully saturated rings. The summed E-state index contributed by atoms with van der Waals surface area (Å²) in [6.45, 7) is 3.64. The molecule has 0 bridgehead atoms. The first kappa shape index (κ1) is 11.4. The van der Waals surface area contributed by atoms with Gasteiger partial charge in [-0.25, -0.2) is 4.98 Å².